The van der Waals surface area contributed by atoms with Crippen LogP contribution in [0.4, 0.5) is 8.78 Å². The third-order valence-electron chi connectivity index (χ3n) is 5.37. The van der Waals surface area contributed by atoms with Crippen LogP contribution in [0.15, 0.2) is 24.4 Å². The Morgan fingerprint density at radius 1 is 1.32 bits per heavy atom. The summed E-state index contributed by atoms with van der Waals surface area (Å²) in [4.78, 5) is 19.7. The van der Waals surface area contributed by atoms with E-state index in [4.69, 9.17) is 0 Å². The minimum atomic E-state index is -0.651. The SMILES string of the molecule is C[C@H]1[C@H](NC(=O)c2ncc(-c3ccc(F)cc3F)s2)C2CCN1CC2. The van der Waals surface area contributed by atoms with E-state index in [0.29, 0.717) is 21.8 Å². The van der Waals surface area contributed by atoms with E-state index in [1.54, 1.807) is 0 Å². The molecule has 0 spiro atoms. The minimum absolute atomic E-state index is 0.130. The number of rotatable bonds is 3. The third kappa shape index (κ3) is 3.06. The van der Waals surface area contributed by atoms with Gasteiger partial charge < -0.3 is 5.32 Å². The lowest BCUT2D eigenvalue weighted by molar-refractivity contribution is 0.0217. The van der Waals surface area contributed by atoms with Gasteiger partial charge in [-0.25, -0.2) is 13.8 Å². The second kappa shape index (κ2) is 6.46. The van der Waals surface area contributed by atoms with Crippen molar-refractivity contribution in [2.75, 3.05) is 13.1 Å². The molecule has 0 saturated carbocycles. The van der Waals surface area contributed by atoms with Crippen molar-refractivity contribution < 1.29 is 13.6 Å². The van der Waals surface area contributed by atoms with E-state index in [-0.39, 0.29) is 17.5 Å². The lowest BCUT2D eigenvalue weighted by Gasteiger charge is -2.49. The number of halogens is 2. The van der Waals surface area contributed by atoms with Gasteiger partial charge in [-0.15, -0.1) is 11.3 Å². The van der Waals surface area contributed by atoms with Gasteiger partial charge in [0.05, 0.1) is 4.88 Å². The van der Waals surface area contributed by atoms with Gasteiger partial charge in [-0.3, -0.25) is 9.69 Å². The van der Waals surface area contributed by atoms with Crippen molar-refractivity contribution >= 4 is 17.2 Å². The van der Waals surface area contributed by atoms with Crippen molar-refractivity contribution in [3.05, 3.63) is 41.0 Å². The molecule has 0 aliphatic carbocycles. The molecule has 1 N–H and O–H groups in total. The quantitative estimate of drug-likeness (QED) is 0.910. The van der Waals surface area contributed by atoms with Crippen molar-refractivity contribution in [2.24, 2.45) is 5.92 Å². The molecule has 5 rings (SSSR count). The molecule has 3 fully saturated rings. The molecular formula is C18H19F2N3OS. The molecule has 25 heavy (non-hydrogen) atoms. The Bertz CT molecular complexity index is 799. The summed E-state index contributed by atoms with van der Waals surface area (Å²) in [6, 6.07) is 3.86. The number of nitrogens with zero attached hydrogens (tertiary/aromatic N) is 2. The molecule has 2 aromatic rings. The molecule has 0 unspecified atom stereocenters. The molecule has 4 nitrogen and oxygen atoms in total. The highest BCUT2D eigenvalue weighted by Gasteiger charge is 2.40. The zero-order valence-corrected chi connectivity index (χ0v) is 14.7. The average Bonchev–Trinajstić information content (AvgIpc) is 3.08. The number of amides is 1. The monoisotopic (exact) mass is 363 g/mol. The zero-order valence-electron chi connectivity index (χ0n) is 13.8. The van der Waals surface area contributed by atoms with Crippen LogP contribution in [0.2, 0.25) is 0 Å². The van der Waals surface area contributed by atoms with Gasteiger partial charge in [-0.1, -0.05) is 0 Å². The van der Waals surface area contributed by atoms with E-state index in [1.807, 2.05) is 0 Å². The number of carbonyl (C=O) groups excluding carboxylic acids is 1. The smallest absolute Gasteiger partial charge is 0.280 e. The van der Waals surface area contributed by atoms with E-state index in [1.165, 1.54) is 18.3 Å². The summed E-state index contributed by atoms with van der Waals surface area (Å²) in [5.74, 6) is -0.982. The van der Waals surface area contributed by atoms with Crippen LogP contribution in [-0.4, -0.2) is 41.0 Å². The van der Waals surface area contributed by atoms with Crippen LogP contribution in [0, 0.1) is 17.6 Å². The lowest BCUT2D eigenvalue weighted by Crippen LogP contribution is -2.62. The minimum Gasteiger partial charge on any atom is -0.345 e. The average molecular weight is 363 g/mol. The number of carbonyl (C=O) groups is 1. The highest BCUT2D eigenvalue weighted by atomic mass is 32.1. The van der Waals surface area contributed by atoms with Crippen molar-refractivity contribution in [1.82, 2.24) is 15.2 Å². The first-order valence-electron chi connectivity index (χ1n) is 8.49. The molecule has 4 heterocycles. The normalized spacial score (nSPS) is 28.1. The van der Waals surface area contributed by atoms with Crippen molar-refractivity contribution in [3.8, 4) is 10.4 Å². The van der Waals surface area contributed by atoms with E-state index in [9.17, 15) is 13.6 Å². The first-order chi connectivity index (χ1) is 12.0. The fraction of sp³-hybridized carbons (Fsp3) is 0.444. The molecule has 1 amide bonds. The van der Waals surface area contributed by atoms with Crippen LogP contribution < -0.4 is 5.32 Å². The summed E-state index contributed by atoms with van der Waals surface area (Å²) < 4.78 is 27.0. The number of hydrogen-bond acceptors (Lipinski definition) is 4. The molecule has 1 aromatic carbocycles. The summed E-state index contributed by atoms with van der Waals surface area (Å²) in [6.07, 6.45) is 3.69. The zero-order chi connectivity index (χ0) is 17.6. The number of thiazole rings is 1. The second-order valence-electron chi connectivity index (χ2n) is 6.77. The Kier molecular flexibility index (Phi) is 4.29. The van der Waals surface area contributed by atoms with Gasteiger partial charge >= 0.3 is 0 Å². The van der Waals surface area contributed by atoms with Gasteiger partial charge in [-0.2, -0.15) is 0 Å². The summed E-state index contributed by atoms with van der Waals surface area (Å²) in [5, 5.41) is 3.43. The van der Waals surface area contributed by atoms with Gasteiger partial charge in [0.25, 0.3) is 5.91 Å². The summed E-state index contributed by atoms with van der Waals surface area (Å²) in [7, 11) is 0. The first-order valence-corrected chi connectivity index (χ1v) is 9.31. The highest BCUT2D eigenvalue weighted by Crippen LogP contribution is 2.33. The number of aromatic nitrogens is 1. The number of benzene rings is 1. The fourth-order valence-corrected chi connectivity index (χ4v) is 4.80. The van der Waals surface area contributed by atoms with Crippen molar-refractivity contribution in [2.45, 2.75) is 31.8 Å². The van der Waals surface area contributed by atoms with Crippen LogP contribution in [-0.2, 0) is 0 Å². The highest BCUT2D eigenvalue weighted by molar-refractivity contribution is 7.17. The van der Waals surface area contributed by atoms with Crippen LogP contribution in [0.1, 0.15) is 29.6 Å². The maximum Gasteiger partial charge on any atom is 0.280 e. The molecular weight excluding hydrogens is 344 g/mol. The molecule has 132 valence electrons. The van der Waals surface area contributed by atoms with Crippen LogP contribution >= 0.6 is 11.3 Å². The topological polar surface area (TPSA) is 45.2 Å². The molecule has 7 heteroatoms. The third-order valence-corrected chi connectivity index (χ3v) is 6.40. The van der Waals surface area contributed by atoms with Gasteiger partial charge in [0.15, 0.2) is 5.01 Å². The van der Waals surface area contributed by atoms with Crippen LogP contribution in [0.3, 0.4) is 0 Å². The summed E-state index contributed by atoms with van der Waals surface area (Å²) in [6.45, 7) is 4.35. The Balaban J connectivity index is 1.51. The number of fused-ring (bicyclic) bond motifs is 3. The number of piperidine rings is 3. The Morgan fingerprint density at radius 3 is 2.76 bits per heavy atom. The van der Waals surface area contributed by atoms with Crippen molar-refractivity contribution in [3.63, 3.8) is 0 Å². The second-order valence-corrected chi connectivity index (χ2v) is 7.80. The maximum absolute atomic E-state index is 13.9. The molecule has 3 aliphatic heterocycles. The Morgan fingerprint density at radius 2 is 2.08 bits per heavy atom. The van der Waals surface area contributed by atoms with Gasteiger partial charge in [0, 0.05) is 29.9 Å². The number of hydrogen-bond donors (Lipinski definition) is 1. The van der Waals surface area contributed by atoms with E-state index in [2.05, 4.69) is 22.1 Å². The molecule has 2 atom stereocenters. The standard InChI is InChI=1S/C18H19F2N3OS/c1-10-16(11-4-6-23(10)7-5-11)22-17(24)18-21-9-15(25-18)13-3-2-12(19)8-14(13)20/h2-3,8-11,16H,4-7H2,1H3,(H,22,24)/t10-,16-/m0/s1. The summed E-state index contributed by atoms with van der Waals surface area (Å²) >= 11 is 1.12. The predicted molar refractivity (Wildman–Crippen MR) is 92.5 cm³/mol. The van der Waals surface area contributed by atoms with Gasteiger partial charge in [-0.05, 0) is 50.9 Å². The van der Waals surface area contributed by atoms with Gasteiger partial charge in [0.1, 0.15) is 11.6 Å². The summed E-state index contributed by atoms with van der Waals surface area (Å²) in [5.41, 5.74) is 0.258. The molecule has 3 aliphatic rings. The molecule has 2 bridgehead atoms. The van der Waals surface area contributed by atoms with E-state index >= 15 is 0 Å². The largest absolute Gasteiger partial charge is 0.345 e. The Hall–Kier alpha value is -1.86. The van der Waals surface area contributed by atoms with Crippen LogP contribution in [0.5, 0.6) is 0 Å². The molecule has 3 saturated heterocycles. The number of nitrogens with one attached hydrogen (secondary N) is 1. The van der Waals surface area contributed by atoms with Gasteiger partial charge in [0.2, 0.25) is 0 Å². The van der Waals surface area contributed by atoms with Crippen molar-refractivity contribution in [1.29, 1.82) is 0 Å². The Labute approximate surface area is 148 Å². The fourth-order valence-electron chi connectivity index (χ4n) is 3.95. The van der Waals surface area contributed by atoms with Crippen LogP contribution in [0.25, 0.3) is 10.4 Å². The van der Waals surface area contributed by atoms with E-state index < -0.39 is 11.6 Å². The molecule has 1 aromatic heterocycles. The molecule has 0 radical (unpaired) electrons. The van der Waals surface area contributed by atoms with E-state index in [0.717, 1.165) is 43.3 Å². The lowest BCUT2D eigenvalue weighted by atomic mass is 9.79. The maximum atomic E-state index is 13.9. The first kappa shape index (κ1) is 16.6. The predicted octanol–water partition coefficient (Wildman–Crippen LogP) is 3.30.